The normalized spacial score (nSPS) is 30.0. The van der Waals surface area contributed by atoms with Crippen molar-refractivity contribution in [2.24, 2.45) is 5.92 Å². The molecule has 34 heavy (non-hydrogen) atoms. The number of alkyl halides is 3. The SMILES string of the molecule is FC(F)(F)c1c[nH]c2ncc(-c3cn(C4CC5(N6CCOCC6)CC4C5)c(C4COC4)n3)cc12. The molecule has 2 saturated heterocycles. The average Bonchev–Trinajstić information content (AvgIpc) is 3.52. The predicted octanol–water partition coefficient (Wildman–Crippen LogP) is 3.98. The molecule has 3 aliphatic carbocycles. The van der Waals surface area contributed by atoms with E-state index in [4.69, 9.17) is 14.5 Å². The van der Waals surface area contributed by atoms with Crippen molar-refractivity contribution >= 4 is 11.0 Å². The van der Waals surface area contributed by atoms with E-state index in [1.807, 2.05) is 6.20 Å². The molecule has 5 heterocycles. The number of nitrogens with zero attached hydrogens (tertiary/aromatic N) is 4. The number of morpholine rings is 1. The Bertz CT molecular complexity index is 1240. The number of hydrogen-bond donors (Lipinski definition) is 1. The Morgan fingerprint density at radius 2 is 1.88 bits per heavy atom. The lowest BCUT2D eigenvalue weighted by Crippen LogP contribution is -2.56. The summed E-state index contributed by atoms with van der Waals surface area (Å²) in [4.78, 5) is 14.4. The summed E-state index contributed by atoms with van der Waals surface area (Å²) in [6.07, 6.45) is 3.65. The number of fused-ring (bicyclic) bond motifs is 2. The van der Waals surface area contributed by atoms with Crippen molar-refractivity contribution in [1.29, 1.82) is 0 Å². The minimum atomic E-state index is -4.44. The summed E-state index contributed by atoms with van der Waals surface area (Å²) in [6.45, 7) is 4.84. The van der Waals surface area contributed by atoms with Gasteiger partial charge in [0.1, 0.15) is 11.5 Å². The molecule has 3 saturated carbocycles. The van der Waals surface area contributed by atoms with Crippen molar-refractivity contribution in [3.8, 4) is 11.3 Å². The van der Waals surface area contributed by atoms with Crippen LogP contribution < -0.4 is 0 Å². The van der Waals surface area contributed by atoms with E-state index in [2.05, 4.69) is 19.4 Å². The Hall–Kier alpha value is -2.43. The van der Waals surface area contributed by atoms with Crippen LogP contribution in [0.25, 0.3) is 22.3 Å². The van der Waals surface area contributed by atoms with Gasteiger partial charge >= 0.3 is 6.18 Å². The van der Waals surface area contributed by atoms with Gasteiger partial charge in [0.05, 0.1) is 43.6 Å². The van der Waals surface area contributed by atoms with E-state index >= 15 is 0 Å². The molecule has 0 amide bonds. The van der Waals surface area contributed by atoms with Gasteiger partial charge in [-0.1, -0.05) is 0 Å². The second-order valence-electron chi connectivity index (χ2n) is 10.2. The van der Waals surface area contributed by atoms with E-state index in [0.29, 0.717) is 36.4 Å². The quantitative estimate of drug-likeness (QED) is 0.621. The highest BCUT2D eigenvalue weighted by molar-refractivity contribution is 5.84. The smallest absolute Gasteiger partial charge is 0.380 e. The first-order valence-corrected chi connectivity index (χ1v) is 12.0. The van der Waals surface area contributed by atoms with Gasteiger partial charge in [-0.2, -0.15) is 13.2 Å². The van der Waals surface area contributed by atoms with Gasteiger partial charge in [0, 0.05) is 54.2 Å². The molecule has 0 spiro atoms. The standard InChI is InChI=1S/C24H26F3N5O2/c25-24(26,27)18-10-29-21-17(18)5-14(9-28-21)19-11-32(22(30-19)16-12-34-13-16)20-8-23(6-15(20)7-23)31-1-3-33-4-2-31/h5,9-11,15-16,20H,1-4,6-8,12-13H2,(H,28,29). The fourth-order valence-corrected chi connectivity index (χ4v) is 6.54. The maximum Gasteiger partial charge on any atom is 0.418 e. The summed E-state index contributed by atoms with van der Waals surface area (Å²) >= 11 is 0. The number of aromatic nitrogens is 4. The molecule has 180 valence electrons. The number of imidazole rings is 1. The van der Waals surface area contributed by atoms with Crippen LogP contribution in [0.5, 0.6) is 0 Å². The number of nitrogens with one attached hydrogen (secondary N) is 1. The van der Waals surface area contributed by atoms with E-state index < -0.39 is 11.7 Å². The van der Waals surface area contributed by atoms with E-state index in [-0.39, 0.29) is 22.5 Å². The average molecular weight is 473 g/mol. The van der Waals surface area contributed by atoms with Gasteiger partial charge in [0.2, 0.25) is 0 Å². The lowest BCUT2D eigenvalue weighted by Gasteiger charge is -2.49. The van der Waals surface area contributed by atoms with Crippen molar-refractivity contribution in [3.05, 3.63) is 36.0 Å². The monoisotopic (exact) mass is 473 g/mol. The molecule has 1 N–H and O–H groups in total. The lowest BCUT2D eigenvalue weighted by atomic mass is 9.75. The molecule has 3 aromatic heterocycles. The molecule has 1 unspecified atom stereocenters. The van der Waals surface area contributed by atoms with E-state index in [1.165, 1.54) is 12.8 Å². The summed E-state index contributed by atoms with van der Waals surface area (Å²) in [6, 6.07) is 1.91. The van der Waals surface area contributed by atoms with Gasteiger partial charge in [-0.3, -0.25) is 4.90 Å². The number of hydrogen-bond acceptors (Lipinski definition) is 5. The zero-order valence-electron chi connectivity index (χ0n) is 18.6. The number of halogens is 3. The first-order chi connectivity index (χ1) is 16.4. The van der Waals surface area contributed by atoms with Gasteiger partial charge in [-0.05, 0) is 31.2 Å². The highest BCUT2D eigenvalue weighted by Gasteiger charge is 2.59. The van der Waals surface area contributed by atoms with Crippen LogP contribution in [0.15, 0.2) is 24.7 Å². The van der Waals surface area contributed by atoms with Gasteiger partial charge in [0.15, 0.2) is 0 Å². The van der Waals surface area contributed by atoms with Crippen LogP contribution in [0.1, 0.15) is 42.6 Å². The molecule has 2 bridgehead atoms. The molecule has 0 aromatic carbocycles. The van der Waals surface area contributed by atoms with Crippen molar-refractivity contribution in [2.45, 2.75) is 42.9 Å². The predicted molar refractivity (Wildman–Crippen MR) is 117 cm³/mol. The highest BCUT2D eigenvalue weighted by Crippen LogP contribution is 2.61. The molecule has 1 atom stereocenters. The van der Waals surface area contributed by atoms with Crippen molar-refractivity contribution < 1.29 is 22.6 Å². The maximum atomic E-state index is 13.5. The Morgan fingerprint density at radius 1 is 1.09 bits per heavy atom. The van der Waals surface area contributed by atoms with Crippen LogP contribution in [0.4, 0.5) is 13.2 Å². The third kappa shape index (κ3) is 3.08. The number of ether oxygens (including phenoxy) is 2. The fourth-order valence-electron chi connectivity index (χ4n) is 6.54. The Balaban J connectivity index is 1.25. The zero-order valence-corrected chi connectivity index (χ0v) is 18.6. The molecule has 5 aliphatic rings. The fraction of sp³-hybridized carbons (Fsp3) is 0.583. The Morgan fingerprint density at radius 3 is 2.59 bits per heavy atom. The number of pyridine rings is 1. The van der Waals surface area contributed by atoms with Gasteiger partial charge < -0.3 is 19.0 Å². The van der Waals surface area contributed by atoms with Crippen LogP contribution in [-0.4, -0.2) is 69.5 Å². The maximum absolute atomic E-state index is 13.5. The molecule has 3 aromatic rings. The van der Waals surface area contributed by atoms with Gasteiger partial charge in [0.25, 0.3) is 0 Å². The third-order valence-electron chi connectivity index (χ3n) is 8.35. The van der Waals surface area contributed by atoms with Crippen molar-refractivity contribution in [2.75, 3.05) is 39.5 Å². The molecule has 2 aliphatic heterocycles. The molecule has 7 nitrogen and oxygen atoms in total. The number of aromatic amines is 1. The minimum absolute atomic E-state index is 0.0717. The summed E-state index contributed by atoms with van der Waals surface area (Å²) in [7, 11) is 0. The van der Waals surface area contributed by atoms with Crippen LogP contribution in [-0.2, 0) is 15.7 Å². The lowest BCUT2D eigenvalue weighted by molar-refractivity contribution is -0.136. The Labute approximate surface area is 194 Å². The molecule has 5 fully saturated rings. The summed E-state index contributed by atoms with van der Waals surface area (Å²) in [5.41, 5.74) is 1.06. The summed E-state index contributed by atoms with van der Waals surface area (Å²) < 4.78 is 53.7. The molecular weight excluding hydrogens is 447 g/mol. The molecule has 8 rings (SSSR count). The third-order valence-corrected chi connectivity index (χ3v) is 8.35. The summed E-state index contributed by atoms with van der Waals surface area (Å²) in [5, 5.41) is 0.0717. The second kappa shape index (κ2) is 7.29. The van der Waals surface area contributed by atoms with Crippen LogP contribution >= 0.6 is 0 Å². The van der Waals surface area contributed by atoms with Crippen LogP contribution in [0.2, 0.25) is 0 Å². The van der Waals surface area contributed by atoms with Crippen LogP contribution in [0.3, 0.4) is 0 Å². The first-order valence-electron chi connectivity index (χ1n) is 12.0. The van der Waals surface area contributed by atoms with Crippen LogP contribution in [0, 0.1) is 5.92 Å². The second-order valence-corrected chi connectivity index (χ2v) is 10.2. The topological polar surface area (TPSA) is 68.2 Å². The highest BCUT2D eigenvalue weighted by atomic mass is 19.4. The molecule has 10 heteroatoms. The summed E-state index contributed by atoms with van der Waals surface area (Å²) in [5.74, 6) is 1.81. The first kappa shape index (κ1) is 20.9. The van der Waals surface area contributed by atoms with Crippen molar-refractivity contribution in [3.63, 3.8) is 0 Å². The van der Waals surface area contributed by atoms with E-state index in [0.717, 1.165) is 44.7 Å². The van der Waals surface area contributed by atoms with E-state index in [1.54, 1.807) is 12.3 Å². The minimum Gasteiger partial charge on any atom is -0.380 e. The van der Waals surface area contributed by atoms with Gasteiger partial charge in [-0.25, -0.2) is 9.97 Å². The van der Waals surface area contributed by atoms with Gasteiger partial charge in [-0.15, -0.1) is 0 Å². The molecule has 0 radical (unpaired) electrons. The zero-order chi connectivity index (χ0) is 23.1. The van der Waals surface area contributed by atoms with E-state index in [9.17, 15) is 13.2 Å². The Kier molecular flexibility index (Phi) is 4.48. The largest absolute Gasteiger partial charge is 0.418 e. The number of H-pyrrole nitrogens is 1. The molecular formula is C24H26F3N5O2. The number of rotatable bonds is 4. The van der Waals surface area contributed by atoms with Crippen molar-refractivity contribution in [1.82, 2.24) is 24.4 Å².